The van der Waals surface area contributed by atoms with Gasteiger partial charge in [-0.1, -0.05) is 13.0 Å². The van der Waals surface area contributed by atoms with Crippen LogP contribution in [0.25, 0.3) is 0 Å². The first kappa shape index (κ1) is 19.2. The summed E-state index contributed by atoms with van der Waals surface area (Å²) in [6, 6.07) is 5.46. The van der Waals surface area contributed by atoms with Crippen molar-refractivity contribution in [3.05, 3.63) is 33.9 Å². The van der Waals surface area contributed by atoms with Crippen LogP contribution in [0.5, 0.6) is 0 Å². The molecule has 1 aliphatic heterocycles. The summed E-state index contributed by atoms with van der Waals surface area (Å²) in [7, 11) is 3.00. The van der Waals surface area contributed by atoms with Gasteiger partial charge in [0.2, 0.25) is 0 Å². The van der Waals surface area contributed by atoms with Gasteiger partial charge in [-0.2, -0.15) is 0 Å². The van der Waals surface area contributed by atoms with Crippen LogP contribution in [0.3, 0.4) is 0 Å². The molecule has 1 aliphatic rings. The largest absolute Gasteiger partial charge is 0.469 e. The smallest absolute Gasteiger partial charge is 0.306 e. The molecule has 0 spiro atoms. The number of carbonyl (C=O) groups is 1. The number of methoxy groups -OCH3 is 2. The average molecular weight is 350 g/mol. The van der Waals surface area contributed by atoms with Crippen LogP contribution in [0.4, 0.5) is 11.4 Å². The fourth-order valence-corrected chi connectivity index (χ4v) is 3.48. The minimum atomic E-state index is -0.341. The molecule has 25 heavy (non-hydrogen) atoms. The maximum Gasteiger partial charge on any atom is 0.306 e. The Bertz CT molecular complexity index is 619. The molecule has 1 saturated heterocycles. The summed E-state index contributed by atoms with van der Waals surface area (Å²) in [4.78, 5) is 24.9. The molecule has 0 amide bonds. The third-order valence-electron chi connectivity index (χ3n) is 4.85. The number of ether oxygens (including phenoxy) is 2. The van der Waals surface area contributed by atoms with Crippen LogP contribution in [0.1, 0.15) is 44.1 Å². The van der Waals surface area contributed by atoms with E-state index in [2.05, 4.69) is 4.90 Å². The Balaban J connectivity index is 2.34. The van der Waals surface area contributed by atoms with Gasteiger partial charge in [0, 0.05) is 19.7 Å². The van der Waals surface area contributed by atoms with Gasteiger partial charge >= 0.3 is 5.97 Å². The van der Waals surface area contributed by atoms with E-state index in [9.17, 15) is 14.9 Å². The van der Waals surface area contributed by atoms with E-state index in [4.69, 9.17) is 9.47 Å². The highest BCUT2D eigenvalue weighted by atomic mass is 16.6. The van der Waals surface area contributed by atoms with Crippen LogP contribution in [0.2, 0.25) is 0 Å². The lowest BCUT2D eigenvalue weighted by Gasteiger charge is -2.26. The van der Waals surface area contributed by atoms with E-state index in [0.29, 0.717) is 18.7 Å². The van der Waals surface area contributed by atoms with Gasteiger partial charge in [0.25, 0.3) is 5.69 Å². The van der Waals surface area contributed by atoms with Gasteiger partial charge < -0.3 is 14.4 Å². The molecule has 0 aromatic heterocycles. The lowest BCUT2D eigenvalue weighted by Crippen LogP contribution is -2.33. The van der Waals surface area contributed by atoms with Gasteiger partial charge in [0.05, 0.1) is 31.1 Å². The number of nitro benzene ring substituents is 1. The molecule has 1 aromatic carbocycles. The van der Waals surface area contributed by atoms with Gasteiger partial charge in [0.1, 0.15) is 5.69 Å². The van der Waals surface area contributed by atoms with Gasteiger partial charge in [0.15, 0.2) is 0 Å². The number of anilines is 1. The van der Waals surface area contributed by atoms with Gasteiger partial charge in [-0.3, -0.25) is 14.9 Å². The number of hydrogen-bond acceptors (Lipinski definition) is 6. The van der Waals surface area contributed by atoms with Crippen molar-refractivity contribution in [2.75, 3.05) is 32.3 Å². The molecule has 0 bridgehead atoms. The van der Waals surface area contributed by atoms with E-state index in [1.165, 1.54) is 7.11 Å². The Labute approximate surface area is 148 Å². The van der Waals surface area contributed by atoms with Crippen molar-refractivity contribution in [2.24, 2.45) is 0 Å². The van der Waals surface area contributed by atoms with E-state index >= 15 is 0 Å². The summed E-state index contributed by atoms with van der Waals surface area (Å²) in [6.07, 6.45) is 2.89. The van der Waals surface area contributed by atoms with Crippen LogP contribution in [0.15, 0.2) is 18.2 Å². The first-order valence-corrected chi connectivity index (χ1v) is 8.62. The van der Waals surface area contributed by atoms with Crippen LogP contribution >= 0.6 is 0 Å². The lowest BCUT2D eigenvalue weighted by atomic mass is 9.92. The van der Waals surface area contributed by atoms with E-state index < -0.39 is 0 Å². The molecular weight excluding hydrogens is 324 g/mol. The van der Waals surface area contributed by atoms with Crippen LogP contribution < -0.4 is 4.90 Å². The van der Waals surface area contributed by atoms with E-state index in [-0.39, 0.29) is 35.0 Å². The number of hydrogen-bond donors (Lipinski definition) is 0. The van der Waals surface area contributed by atoms with Crippen molar-refractivity contribution in [1.82, 2.24) is 0 Å². The van der Waals surface area contributed by atoms with Crippen molar-refractivity contribution in [3.8, 4) is 0 Å². The quantitative estimate of drug-likeness (QED) is 0.406. The van der Waals surface area contributed by atoms with Crippen LogP contribution in [0, 0.1) is 10.1 Å². The Morgan fingerprint density at radius 1 is 1.44 bits per heavy atom. The number of rotatable bonds is 8. The fourth-order valence-electron chi connectivity index (χ4n) is 3.48. The molecule has 2 rings (SSSR count). The van der Waals surface area contributed by atoms with Crippen molar-refractivity contribution in [2.45, 2.75) is 44.6 Å². The SMILES string of the molecule is CCC(CC(=O)OC)c1ccc(N2CCCC2COC)c([N+](=O)[O-])c1. The zero-order valence-electron chi connectivity index (χ0n) is 15.1. The van der Waals surface area contributed by atoms with Gasteiger partial charge in [-0.05, 0) is 36.8 Å². The standard InChI is InChI=1S/C18H26N2O5/c1-4-13(11-18(21)25-3)14-7-8-16(17(10-14)20(22)23)19-9-5-6-15(19)12-24-2/h7-8,10,13,15H,4-6,9,11-12H2,1-3H3. The van der Waals surface area contributed by atoms with Crippen molar-refractivity contribution in [1.29, 1.82) is 0 Å². The average Bonchev–Trinajstić information content (AvgIpc) is 3.07. The molecule has 0 saturated carbocycles. The summed E-state index contributed by atoms with van der Waals surface area (Å²) >= 11 is 0. The summed E-state index contributed by atoms with van der Waals surface area (Å²) in [6.45, 7) is 3.30. The molecule has 2 unspecified atom stereocenters. The minimum absolute atomic E-state index is 0.0869. The minimum Gasteiger partial charge on any atom is -0.469 e. The van der Waals surface area contributed by atoms with Crippen molar-refractivity contribution < 1.29 is 19.2 Å². The molecule has 138 valence electrons. The Morgan fingerprint density at radius 3 is 2.80 bits per heavy atom. The Hall–Kier alpha value is -2.15. The third-order valence-corrected chi connectivity index (χ3v) is 4.85. The second kappa shape index (κ2) is 8.80. The van der Waals surface area contributed by atoms with Crippen LogP contribution in [-0.4, -0.2) is 44.3 Å². The molecule has 7 nitrogen and oxygen atoms in total. The normalized spacial score (nSPS) is 18.2. The number of esters is 1. The molecule has 1 aromatic rings. The zero-order chi connectivity index (χ0) is 18.4. The first-order chi connectivity index (χ1) is 12.0. The van der Waals surface area contributed by atoms with Gasteiger partial charge in [-0.15, -0.1) is 0 Å². The van der Waals surface area contributed by atoms with Crippen molar-refractivity contribution in [3.63, 3.8) is 0 Å². The summed E-state index contributed by atoms with van der Waals surface area (Å²) in [5.74, 6) is -0.396. The third kappa shape index (κ3) is 4.48. The number of nitro groups is 1. The summed E-state index contributed by atoms with van der Waals surface area (Å²) in [5, 5.41) is 11.6. The number of nitrogens with zero attached hydrogens (tertiary/aromatic N) is 2. The fraction of sp³-hybridized carbons (Fsp3) is 0.611. The molecule has 1 heterocycles. The maximum atomic E-state index is 11.6. The molecule has 7 heteroatoms. The molecule has 2 atom stereocenters. The number of benzene rings is 1. The molecule has 0 N–H and O–H groups in total. The zero-order valence-corrected chi connectivity index (χ0v) is 15.1. The molecular formula is C18H26N2O5. The van der Waals surface area contributed by atoms with Crippen LogP contribution in [-0.2, 0) is 14.3 Å². The highest BCUT2D eigenvalue weighted by Crippen LogP contribution is 2.37. The van der Waals surface area contributed by atoms with E-state index in [1.807, 2.05) is 13.0 Å². The summed E-state index contributed by atoms with van der Waals surface area (Å²) in [5.41, 5.74) is 1.51. The molecule has 1 fully saturated rings. The maximum absolute atomic E-state index is 11.6. The summed E-state index contributed by atoms with van der Waals surface area (Å²) < 4.78 is 9.98. The predicted octanol–water partition coefficient (Wildman–Crippen LogP) is 3.27. The monoisotopic (exact) mass is 350 g/mol. The molecule has 0 aliphatic carbocycles. The second-order valence-corrected chi connectivity index (χ2v) is 6.34. The Morgan fingerprint density at radius 2 is 2.20 bits per heavy atom. The van der Waals surface area contributed by atoms with Gasteiger partial charge in [-0.25, -0.2) is 0 Å². The second-order valence-electron chi connectivity index (χ2n) is 6.34. The Kier molecular flexibility index (Phi) is 6.75. The highest BCUT2D eigenvalue weighted by molar-refractivity contribution is 5.71. The first-order valence-electron chi connectivity index (χ1n) is 8.62. The van der Waals surface area contributed by atoms with E-state index in [1.54, 1.807) is 19.2 Å². The van der Waals surface area contributed by atoms with E-state index in [0.717, 1.165) is 24.9 Å². The predicted molar refractivity (Wildman–Crippen MR) is 95.0 cm³/mol. The van der Waals surface area contributed by atoms with Crippen molar-refractivity contribution >= 4 is 17.3 Å². The highest BCUT2D eigenvalue weighted by Gasteiger charge is 2.30. The number of carbonyl (C=O) groups excluding carboxylic acids is 1. The lowest BCUT2D eigenvalue weighted by molar-refractivity contribution is -0.384. The topological polar surface area (TPSA) is 81.9 Å². The molecule has 0 radical (unpaired) electrons.